The first-order valence-electron chi connectivity index (χ1n) is 8.65. The quantitative estimate of drug-likeness (QED) is 0.541. The largest absolute Gasteiger partial charge is 0.493 e. The van der Waals surface area contributed by atoms with Gasteiger partial charge in [0, 0.05) is 18.0 Å². The first-order chi connectivity index (χ1) is 12.5. The molecule has 134 valence electrons. The first kappa shape index (κ1) is 17.7. The van der Waals surface area contributed by atoms with Gasteiger partial charge in [-0.3, -0.25) is 4.79 Å². The van der Waals surface area contributed by atoms with Gasteiger partial charge in [-0.25, -0.2) is 5.43 Å². The maximum atomic E-state index is 12.4. The highest BCUT2D eigenvalue weighted by Gasteiger charge is 2.12. The molecule has 0 aliphatic carbocycles. The van der Waals surface area contributed by atoms with Gasteiger partial charge in [0.2, 0.25) is 0 Å². The molecule has 1 N–H and O–H groups in total. The number of hydrazone groups is 1. The lowest BCUT2D eigenvalue weighted by atomic mass is 10.2. The van der Waals surface area contributed by atoms with Crippen LogP contribution in [0.25, 0.3) is 10.9 Å². The number of hydrogen-bond donors (Lipinski definition) is 1. The molecule has 0 aliphatic rings. The van der Waals surface area contributed by atoms with Crippen molar-refractivity contribution >= 4 is 23.0 Å². The highest BCUT2D eigenvalue weighted by Crippen LogP contribution is 2.18. The molecule has 0 aliphatic heterocycles. The first-order valence-corrected chi connectivity index (χ1v) is 8.65. The fourth-order valence-electron chi connectivity index (χ4n) is 2.64. The number of amides is 1. The van der Waals surface area contributed by atoms with Crippen LogP contribution in [-0.4, -0.2) is 23.3 Å². The number of aromatic nitrogens is 1. The average Bonchev–Trinajstić information content (AvgIpc) is 2.98. The second-order valence-corrected chi connectivity index (χ2v) is 6.62. The van der Waals surface area contributed by atoms with E-state index < -0.39 is 0 Å². The van der Waals surface area contributed by atoms with Crippen LogP contribution in [0.5, 0.6) is 5.75 Å². The molecule has 3 aromatic rings. The molecule has 0 unspecified atom stereocenters. The smallest absolute Gasteiger partial charge is 0.287 e. The predicted octanol–water partition coefficient (Wildman–Crippen LogP) is 3.98. The number of nitrogens with zero attached hydrogens (tertiary/aromatic N) is 2. The van der Waals surface area contributed by atoms with Crippen LogP contribution in [0.3, 0.4) is 0 Å². The van der Waals surface area contributed by atoms with Crippen LogP contribution in [-0.2, 0) is 7.05 Å². The Labute approximate surface area is 153 Å². The lowest BCUT2D eigenvalue weighted by Gasteiger charge is -2.08. The minimum Gasteiger partial charge on any atom is -0.493 e. The van der Waals surface area contributed by atoms with Crippen molar-refractivity contribution in [1.82, 2.24) is 9.99 Å². The normalized spacial score (nSPS) is 11.4. The molecule has 0 saturated heterocycles. The molecular weight excluding hydrogens is 326 g/mol. The predicted molar refractivity (Wildman–Crippen MR) is 105 cm³/mol. The summed E-state index contributed by atoms with van der Waals surface area (Å²) in [7, 11) is 1.87. The summed E-state index contributed by atoms with van der Waals surface area (Å²) in [6, 6.07) is 17.3. The van der Waals surface area contributed by atoms with E-state index in [4.69, 9.17) is 4.74 Å². The van der Waals surface area contributed by atoms with Crippen molar-refractivity contribution in [1.29, 1.82) is 0 Å². The second kappa shape index (κ2) is 7.87. The molecule has 3 rings (SSSR count). The van der Waals surface area contributed by atoms with Crippen LogP contribution in [0.15, 0.2) is 59.7 Å². The molecular formula is C21H23N3O2. The number of hydrogen-bond acceptors (Lipinski definition) is 3. The Morgan fingerprint density at radius 3 is 2.62 bits per heavy atom. The topological polar surface area (TPSA) is 55.6 Å². The van der Waals surface area contributed by atoms with E-state index in [2.05, 4.69) is 24.4 Å². The lowest BCUT2D eigenvalue weighted by Crippen LogP contribution is -2.20. The SMILES string of the molecule is CC(C)COc1ccc(/C=N/NC(=O)c2cc3ccccc3n2C)cc1. The third-order valence-electron chi connectivity index (χ3n) is 4.03. The summed E-state index contributed by atoms with van der Waals surface area (Å²) in [5.41, 5.74) is 5.05. The highest BCUT2D eigenvalue weighted by molar-refractivity contribution is 5.99. The fourth-order valence-corrected chi connectivity index (χ4v) is 2.64. The van der Waals surface area contributed by atoms with Crippen molar-refractivity contribution in [3.63, 3.8) is 0 Å². The summed E-state index contributed by atoms with van der Waals surface area (Å²) in [6.07, 6.45) is 1.62. The molecule has 2 aromatic carbocycles. The molecule has 0 radical (unpaired) electrons. The Balaban J connectivity index is 1.62. The molecule has 1 amide bonds. The van der Waals surface area contributed by atoms with E-state index in [1.54, 1.807) is 6.21 Å². The van der Waals surface area contributed by atoms with Crippen LogP contribution in [0.4, 0.5) is 0 Å². The standard InChI is InChI=1S/C21H23N3O2/c1-15(2)14-26-18-10-8-16(9-11-18)13-22-23-21(25)20-12-17-6-4-5-7-19(17)24(20)3/h4-13,15H,14H2,1-3H3,(H,23,25)/b22-13+. The molecule has 0 saturated carbocycles. The number of carbonyl (C=O) groups is 1. The van der Waals surface area contributed by atoms with Gasteiger partial charge in [-0.1, -0.05) is 32.0 Å². The summed E-state index contributed by atoms with van der Waals surface area (Å²) in [6.45, 7) is 4.91. The van der Waals surface area contributed by atoms with Gasteiger partial charge in [-0.15, -0.1) is 0 Å². The number of para-hydroxylation sites is 1. The molecule has 26 heavy (non-hydrogen) atoms. The minimum absolute atomic E-state index is 0.239. The van der Waals surface area contributed by atoms with Crippen molar-refractivity contribution in [2.45, 2.75) is 13.8 Å². The average molecular weight is 349 g/mol. The maximum Gasteiger partial charge on any atom is 0.287 e. The van der Waals surface area contributed by atoms with Gasteiger partial charge < -0.3 is 9.30 Å². The van der Waals surface area contributed by atoms with Gasteiger partial charge in [-0.05, 0) is 47.9 Å². The maximum absolute atomic E-state index is 12.4. The van der Waals surface area contributed by atoms with E-state index in [-0.39, 0.29) is 5.91 Å². The molecule has 5 nitrogen and oxygen atoms in total. The zero-order chi connectivity index (χ0) is 18.5. The third kappa shape index (κ3) is 4.11. The van der Waals surface area contributed by atoms with E-state index >= 15 is 0 Å². The van der Waals surface area contributed by atoms with Gasteiger partial charge in [0.05, 0.1) is 12.8 Å². The van der Waals surface area contributed by atoms with Crippen LogP contribution in [0, 0.1) is 5.92 Å². The Morgan fingerprint density at radius 2 is 1.92 bits per heavy atom. The van der Waals surface area contributed by atoms with Crippen LogP contribution < -0.4 is 10.2 Å². The van der Waals surface area contributed by atoms with Crippen molar-refractivity contribution in [2.75, 3.05) is 6.61 Å². The summed E-state index contributed by atoms with van der Waals surface area (Å²) in [5.74, 6) is 1.08. The fraction of sp³-hybridized carbons (Fsp3) is 0.238. The van der Waals surface area contributed by atoms with Crippen LogP contribution >= 0.6 is 0 Å². The van der Waals surface area contributed by atoms with E-state index in [0.717, 1.165) is 22.2 Å². The Bertz CT molecular complexity index is 924. The van der Waals surface area contributed by atoms with Gasteiger partial charge in [0.1, 0.15) is 11.4 Å². The molecule has 1 aromatic heterocycles. The number of aryl methyl sites for hydroxylation is 1. The molecule has 0 fully saturated rings. The summed E-state index contributed by atoms with van der Waals surface area (Å²) >= 11 is 0. The zero-order valence-electron chi connectivity index (χ0n) is 15.3. The number of benzene rings is 2. The van der Waals surface area contributed by atoms with Gasteiger partial charge in [-0.2, -0.15) is 5.10 Å². The molecule has 5 heteroatoms. The number of nitrogens with one attached hydrogen (secondary N) is 1. The van der Waals surface area contributed by atoms with E-state index in [0.29, 0.717) is 18.2 Å². The zero-order valence-corrected chi connectivity index (χ0v) is 15.3. The highest BCUT2D eigenvalue weighted by atomic mass is 16.5. The number of carbonyl (C=O) groups excluding carboxylic acids is 1. The van der Waals surface area contributed by atoms with Crippen LogP contribution in [0.2, 0.25) is 0 Å². The molecule has 1 heterocycles. The lowest BCUT2D eigenvalue weighted by molar-refractivity contribution is 0.0947. The van der Waals surface area contributed by atoms with Crippen LogP contribution in [0.1, 0.15) is 29.9 Å². The van der Waals surface area contributed by atoms with E-state index in [1.165, 1.54) is 0 Å². The third-order valence-corrected chi connectivity index (χ3v) is 4.03. The van der Waals surface area contributed by atoms with Gasteiger partial charge in [0.25, 0.3) is 5.91 Å². The number of fused-ring (bicyclic) bond motifs is 1. The number of rotatable bonds is 6. The number of ether oxygens (including phenoxy) is 1. The Hall–Kier alpha value is -3.08. The summed E-state index contributed by atoms with van der Waals surface area (Å²) < 4.78 is 7.51. The van der Waals surface area contributed by atoms with Gasteiger partial charge in [0.15, 0.2) is 0 Å². The summed E-state index contributed by atoms with van der Waals surface area (Å²) in [4.78, 5) is 12.4. The van der Waals surface area contributed by atoms with Crippen molar-refractivity contribution in [3.05, 3.63) is 65.9 Å². The monoisotopic (exact) mass is 349 g/mol. The van der Waals surface area contributed by atoms with Crippen molar-refractivity contribution < 1.29 is 9.53 Å². The Kier molecular flexibility index (Phi) is 5.37. The molecule has 0 bridgehead atoms. The molecule has 0 spiro atoms. The Morgan fingerprint density at radius 1 is 1.19 bits per heavy atom. The minimum atomic E-state index is -0.239. The van der Waals surface area contributed by atoms with Gasteiger partial charge >= 0.3 is 0 Å². The van der Waals surface area contributed by atoms with E-state index in [9.17, 15) is 4.79 Å². The molecule has 0 atom stereocenters. The summed E-state index contributed by atoms with van der Waals surface area (Å²) in [5, 5.41) is 5.08. The van der Waals surface area contributed by atoms with E-state index in [1.807, 2.05) is 66.2 Å². The second-order valence-electron chi connectivity index (χ2n) is 6.62. The van der Waals surface area contributed by atoms with Crippen molar-refractivity contribution in [2.24, 2.45) is 18.1 Å². The van der Waals surface area contributed by atoms with Crippen molar-refractivity contribution in [3.8, 4) is 5.75 Å².